The van der Waals surface area contributed by atoms with E-state index in [0.29, 0.717) is 28.9 Å². The maximum absolute atomic E-state index is 12.5. The molecule has 134 valence electrons. The maximum Gasteiger partial charge on any atom is 0.261 e. The third-order valence-electron chi connectivity index (χ3n) is 3.45. The Morgan fingerprint density at radius 2 is 1.85 bits per heavy atom. The molecule has 0 bridgehead atoms. The van der Waals surface area contributed by atoms with Gasteiger partial charge < -0.3 is 4.74 Å². The minimum Gasteiger partial charge on any atom is -0.477 e. The summed E-state index contributed by atoms with van der Waals surface area (Å²) in [6.07, 6.45) is 0. The minimum absolute atomic E-state index is 0.0938. The van der Waals surface area contributed by atoms with E-state index in [0.717, 1.165) is 5.56 Å². The second kappa shape index (κ2) is 7.72. The molecule has 3 rings (SSSR count). The van der Waals surface area contributed by atoms with Crippen LogP contribution in [0.1, 0.15) is 6.92 Å². The van der Waals surface area contributed by atoms with E-state index in [4.69, 9.17) is 16.3 Å². The fourth-order valence-electron chi connectivity index (χ4n) is 2.29. The van der Waals surface area contributed by atoms with Gasteiger partial charge in [-0.15, -0.1) is 10.2 Å². The summed E-state index contributed by atoms with van der Waals surface area (Å²) in [5.41, 5.74) is 1.75. The van der Waals surface area contributed by atoms with Gasteiger partial charge in [-0.25, -0.2) is 8.42 Å². The second-order valence-corrected chi connectivity index (χ2v) is 7.45. The third kappa shape index (κ3) is 4.30. The summed E-state index contributed by atoms with van der Waals surface area (Å²) < 4.78 is 32.8. The number of halogens is 1. The van der Waals surface area contributed by atoms with E-state index in [9.17, 15) is 8.42 Å². The average Bonchev–Trinajstić information content (AvgIpc) is 2.62. The Hall–Kier alpha value is -2.64. The Balaban J connectivity index is 1.85. The molecule has 0 aliphatic heterocycles. The molecule has 26 heavy (non-hydrogen) atoms. The lowest BCUT2D eigenvalue weighted by Crippen LogP contribution is -2.12. The predicted octanol–water partition coefficient (Wildman–Crippen LogP) is 4.00. The first-order chi connectivity index (χ1) is 12.5. The summed E-state index contributed by atoms with van der Waals surface area (Å²) in [5, 5.41) is 8.44. The number of hydrogen-bond donors (Lipinski definition) is 1. The van der Waals surface area contributed by atoms with Gasteiger partial charge in [-0.2, -0.15) is 0 Å². The lowest BCUT2D eigenvalue weighted by atomic mass is 10.1. The van der Waals surface area contributed by atoms with Gasteiger partial charge in [0.1, 0.15) is 0 Å². The molecule has 2 aromatic carbocycles. The first-order valence-electron chi connectivity index (χ1n) is 7.83. The van der Waals surface area contributed by atoms with Crippen molar-refractivity contribution in [1.29, 1.82) is 0 Å². The van der Waals surface area contributed by atoms with Crippen LogP contribution in [0.25, 0.3) is 11.3 Å². The average molecular weight is 390 g/mol. The molecule has 1 heterocycles. The van der Waals surface area contributed by atoms with Crippen molar-refractivity contribution in [3.63, 3.8) is 0 Å². The van der Waals surface area contributed by atoms with Gasteiger partial charge in [-0.05, 0) is 43.3 Å². The molecule has 0 fully saturated rings. The number of nitrogens with one attached hydrogen (secondary N) is 1. The van der Waals surface area contributed by atoms with Gasteiger partial charge >= 0.3 is 0 Å². The van der Waals surface area contributed by atoms with E-state index in [-0.39, 0.29) is 4.90 Å². The highest BCUT2D eigenvalue weighted by Crippen LogP contribution is 2.24. The van der Waals surface area contributed by atoms with Crippen LogP contribution in [0.5, 0.6) is 5.88 Å². The van der Waals surface area contributed by atoms with Crippen LogP contribution in [0.3, 0.4) is 0 Å². The zero-order chi connectivity index (χ0) is 18.6. The largest absolute Gasteiger partial charge is 0.477 e. The van der Waals surface area contributed by atoms with Gasteiger partial charge in [-0.3, -0.25) is 4.72 Å². The number of ether oxygens (including phenoxy) is 1. The summed E-state index contributed by atoms with van der Waals surface area (Å²) in [7, 11) is -3.74. The van der Waals surface area contributed by atoms with Gasteiger partial charge in [0.15, 0.2) is 0 Å². The van der Waals surface area contributed by atoms with Crippen LogP contribution in [0, 0.1) is 0 Å². The molecule has 3 aromatic rings. The van der Waals surface area contributed by atoms with Crippen LogP contribution in [0.2, 0.25) is 5.02 Å². The van der Waals surface area contributed by atoms with Crippen molar-refractivity contribution in [1.82, 2.24) is 10.2 Å². The first-order valence-corrected chi connectivity index (χ1v) is 9.69. The zero-order valence-corrected chi connectivity index (χ0v) is 15.5. The van der Waals surface area contributed by atoms with Crippen molar-refractivity contribution in [2.45, 2.75) is 11.8 Å². The highest BCUT2D eigenvalue weighted by Gasteiger charge is 2.15. The van der Waals surface area contributed by atoms with Crippen molar-refractivity contribution in [2.75, 3.05) is 11.3 Å². The number of rotatable bonds is 6. The van der Waals surface area contributed by atoms with Gasteiger partial charge in [0.05, 0.1) is 17.2 Å². The molecule has 0 atom stereocenters. The molecule has 8 heteroatoms. The van der Waals surface area contributed by atoms with E-state index in [1.807, 2.05) is 13.0 Å². The van der Waals surface area contributed by atoms with E-state index >= 15 is 0 Å². The Bertz CT molecular complexity index is 1010. The summed E-state index contributed by atoms with van der Waals surface area (Å²) in [5.74, 6) is 0.439. The third-order valence-corrected chi connectivity index (χ3v) is 5.06. The molecule has 6 nitrogen and oxygen atoms in total. The van der Waals surface area contributed by atoms with Gasteiger partial charge in [0.2, 0.25) is 5.88 Å². The fraction of sp³-hybridized carbons (Fsp3) is 0.111. The molecule has 0 saturated heterocycles. The Morgan fingerprint density at radius 1 is 1.04 bits per heavy atom. The fourth-order valence-corrected chi connectivity index (χ4v) is 3.64. The number of hydrogen-bond acceptors (Lipinski definition) is 5. The highest BCUT2D eigenvalue weighted by molar-refractivity contribution is 7.92. The van der Waals surface area contributed by atoms with Crippen LogP contribution < -0.4 is 9.46 Å². The number of sulfonamides is 1. The smallest absolute Gasteiger partial charge is 0.261 e. The lowest BCUT2D eigenvalue weighted by Gasteiger charge is -2.10. The molecular formula is C18H16ClN3O3S. The van der Waals surface area contributed by atoms with Gasteiger partial charge in [0, 0.05) is 22.3 Å². The summed E-state index contributed by atoms with van der Waals surface area (Å²) in [4.78, 5) is 0.0938. The number of benzene rings is 2. The van der Waals surface area contributed by atoms with Crippen molar-refractivity contribution < 1.29 is 13.2 Å². The van der Waals surface area contributed by atoms with Crippen molar-refractivity contribution >= 4 is 27.3 Å². The molecule has 0 unspecified atom stereocenters. The predicted molar refractivity (Wildman–Crippen MR) is 101 cm³/mol. The monoisotopic (exact) mass is 389 g/mol. The molecule has 0 aliphatic carbocycles. The van der Waals surface area contributed by atoms with Crippen LogP contribution >= 0.6 is 11.6 Å². The number of aromatic nitrogens is 2. The molecule has 1 N–H and O–H groups in total. The quantitative estimate of drug-likeness (QED) is 0.689. The molecule has 0 aliphatic rings. The van der Waals surface area contributed by atoms with Crippen molar-refractivity contribution in [3.8, 4) is 17.1 Å². The Labute approximate surface area is 156 Å². The van der Waals surface area contributed by atoms with E-state index in [2.05, 4.69) is 14.9 Å². The summed E-state index contributed by atoms with van der Waals surface area (Å²) in [6.45, 7) is 2.37. The molecule has 0 radical (unpaired) electrons. The molecule has 0 spiro atoms. The SMILES string of the molecule is CCOc1ccc(-c2cccc(NS(=O)(=O)c3cccc(Cl)c3)c2)nn1. The molecule has 0 amide bonds. The zero-order valence-electron chi connectivity index (χ0n) is 13.9. The van der Waals surface area contributed by atoms with Gasteiger partial charge in [-0.1, -0.05) is 29.8 Å². The normalized spacial score (nSPS) is 11.2. The Morgan fingerprint density at radius 3 is 2.54 bits per heavy atom. The van der Waals surface area contributed by atoms with E-state index in [1.54, 1.807) is 42.5 Å². The van der Waals surface area contributed by atoms with Crippen molar-refractivity contribution in [2.24, 2.45) is 0 Å². The van der Waals surface area contributed by atoms with Gasteiger partial charge in [0.25, 0.3) is 10.0 Å². The second-order valence-electron chi connectivity index (χ2n) is 5.33. The minimum atomic E-state index is -3.74. The topological polar surface area (TPSA) is 81.2 Å². The first kappa shape index (κ1) is 18.2. The van der Waals surface area contributed by atoms with Crippen molar-refractivity contribution in [3.05, 3.63) is 65.7 Å². The van der Waals surface area contributed by atoms with Crippen LogP contribution in [-0.2, 0) is 10.0 Å². The maximum atomic E-state index is 12.5. The summed E-state index contributed by atoms with van der Waals surface area (Å²) in [6, 6.07) is 16.5. The standard InChI is InChI=1S/C18H16ClN3O3S/c1-2-25-18-10-9-17(20-21-18)13-5-3-7-15(11-13)22-26(23,24)16-8-4-6-14(19)12-16/h3-12,22H,2H2,1H3. The number of nitrogens with zero attached hydrogens (tertiary/aromatic N) is 2. The van der Waals surface area contributed by atoms with E-state index in [1.165, 1.54) is 12.1 Å². The molecule has 1 aromatic heterocycles. The lowest BCUT2D eigenvalue weighted by molar-refractivity contribution is 0.323. The summed E-state index contributed by atoms with van der Waals surface area (Å²) >= 11 is 5.88. The van der Waals surface area contributed by atoms with E-state index < -0.39 is 10.0 Å². The van der Waals surface area contributed by atoms with Crippen LogP contribution in [0.4, 0.5) is 5.69 Å². The molecular weight excluding hydrogens is 374 g/mol. The highest BCUT2D eigenvalue weighted by atomic mass is 35.5. The van der Waals surface area contributed by atoms with Crippen LogP contribution in [-0.4, -0.2) is 25.2 Å². The number of anilines is 1. The molecule has 0 saturated carbocycles. The van der Waals surface area contributed by atoms with Crippen LogP contribution in [0.15, 0.2) is 65.6 Å². The Kier molecular flexibility index (Phi) is 5.39.